The molecule has 2 N–H and O–H groups in total. The molecule has 0 unspecified atom stereocenters. The quantitative estimate of drug-likeness (QED) is 0.543. The van der Waals surface area contributed by atoms with E-state index in [9.17, 15) is 4.79 Å². The number of aromatic nitrogens is 1. The van der Waals surface area contributed by atoms with Crippen LogP contribution in [0.15, 0.2) is 27.1 Å². The van der Waals surface area contributed by atoms with Crippen LogP contribution in [0, 0.1) is 0 Å². The molecule has 0 saturated heterocycles. The van der Waals surface area contributed by atoms with Gasteiger partial charge in [0.05, 0.1) is 11.3 Å². The molecule has 0 bridgehead atoms. The van der Waals surface area contributed by atoms with E-state index in [0.717, 1.165) is 32.3 Å². The lowest BCUT2D eigenvalue weighted by Crippen LogP contribution is -2.22. The van der Waals surface area contributed by atoms with Gasteiger partial charge in [0.15, 0.2) is 0 Å². The van der Waals surface area contributed by atoms with E-state index >= 15 is 0 Å². The standard InChI is InChI=1S/C19H18Br2N2O/c1-19(2)5-3-4-16-14(19)9-11(22-16)8-13-12-6-10(20)7-15(21)17(12)23-18(13)24/h6-9,22H,3-5H2,1-2H3,(H,23,24). The van der Waals surface area contributed by atoms with E-state index in [1.807, 2.05) is 18.2 Å². The van der Waals surface area contributed by atoms with E-state index in [1.54, 1.807) is 0 Å². The molecule has 1 aromatic carbocycles. The second-order valence-corrected chi connectivity index (χ2v) is 8.95. The number of nitrogens with one attached hydrogen (secondary N) is 2. The first kappa shape index (κ1) is 16.2. The van der Waals surface area contributed by atoms with Crippen molar-refractivity contribution >= 4 is 55.1 Å². The summed E-state index contributed by atoms with van der Waals surface area (Å²) in [6.45, 7) is 4.59. The van der Waals surface area contributed by atoms with E-state index < -0.39 is 0 Å². The molecule has 1 amide bonds. The number of carbonyl (C=O) groups is 1. The Morgan fingerprint density at radius 2 is 2.00 bits per heavy atom. The van der Waals surface area contributed by atoms with Crippen molar-refractivity contribution in [3.8, 4) is 0 Å². The normalized spacial score (nSPS) is 20.0. The van der Waals surface area contributed by atoms with Crippen LogP contribution in [-0.4, -0.2) is 10.9 Å². The first-order valence-electron chi connectivity index (χ1n) is 8.10. The van der Waals surface area contributed by atoms with Crippen molar-refractivity contribution in [3.05, 3.63) is 49.7 Å². The summed E-state index contributed by atoms with van der Waals surface area (Å²) in [6, 6.07) is 6.13. The van der Waals surface area contributed by atoms with Crippen LogP contribution in [-0.2, 0) is 16.6 Å². The fraction of sp³-hybridized carbons (Fsp3) is 0.316. The number of halogens is 2. The predicted molar refractivity (Wildman–Crippen MR) is 105 cm³/mol. The number of H-pyrrole nitrogens is 1. The van der Waals surface area contributed by atoms with E-state index in [1.165, 1.54) is 24.1 Å². The number of anilines is 1. The van der Waals surface area contributed by atoms with Gasteiger partial charge in [-0.25, -0.2) is 0 Å². The number of carbonyl (C=O) groups excluding carboxylic acids is 1. The highest BCUT2D eigenvalue weighted by Crippen LogP contribution is 2.41. The van der Waals surface area contributed by atoms with Gasteiger partial charge in [0.2, 0.25) is 0 Å². The van der Waals surface area contributed by atoms with Gasteiger partial charge < -0.3 is 10.3 Å². The summed E-state index contributed by atoms with van der Waals surface area (Å²) in [5.74, 6) is -0.0596. The fourth-order valence-corrected chi connectivity index (χ4v) is 5.08. The number of rotatable bonds is 1. The SMILES string of the molecule is CC1(C)CCCc2[nH]c(C=C3C(=O)Nc4c(Br)cc(Br)cc43)cc21. The summed E-state index contributed by atoms with van der Waals surface area (Å²) < 4.78 is 1.83. The second kappa shape index (κ2) is 5.60. The molecule has 24 heavy (non-hydrogen) atoms. The third-order valence-electron chi connectivity index (χ3n) is 5.01. The third kappa shape index (κ3) is 2.58. The van der Waals surface area contributed by atoms with Crippen LogP contribution < -0.4 is 5.32 Å². The van der Waals surface area contributed by atoms with Crippen LogP contribution in [0.25, 0.3) is 11.6 Å². The van der Waals surface area contributed by atoms with Crippen LogP contribution in [0.5, 0.6) is 0 Å². The molecule has 5 heteroatoms. The number of aromatic amines is 1. The molecule has 1 aliphatic heterocycles. The maximum absolute atomic E-state index is 12.4. The molecule has 3 nitrogen and oxygen atoms in total. The van der Waals surface area contributed by atoms with Crippen molar-refractivity contribution in [1.29, 1.82) is 0 Å². The Morgan fingerprint density at radius 1 is 1.21 bits per heavy atom. The number of hydrogen-bond donors (Lipinski definition) is 2. The Labute approximate surface area is 158 Å². The first-order chi connectivity index (χ1) is 11.3. The highest BCUT2D eigenvalue weighted by atomic mass is 79.9. The summed E-state index contributed by atoms with van der Waals surface area (Å²) in [4.78, 5) is 16.0. The Bertz CT molecular complexity index is 893. The Balaban J connectivity index is 1.81. The first-order valence-corrected chi connectivity index (χ1v) is 9.68. The molecule has 0 radical (unpaired) electrons. The molecule has 0 spiro atoms. The number of fused-ring (bicyclic) bond motifs is 2. The average molecular weight is 450 g/mol. The molecule has 2 heterocycles. The molecule has 0 atom stereocenters. The Morgan fingerprint density at radius 3 is 2.75 bits per heavy atom. The van der Waals surface area contributed by atoms with Crippen LogP contribution in [0.4, 0.5) is 5.69 Å². The van der Waals surface area contributed by atoms with Gasteiger partial charge >= 0.3 is 0 Å². The minimum Gasteiger partial charge on any atom is -0.359 e. The largest absolute Gasteiger partial charge is 0.359 e. The van der Waals surface area contributed by atoms with Crippen molar-refractivity contribution in [2.45, 2.75) is 38.5 Å². The number of aryl methyl sites for hydroxylation is 1. The molecule has 124 valence electrons. The third-order valence-corrected chi connectivity index (χ3v) is 6.09. The van der Waals surface area contributed by atoms with Crippen molar-refractivity contribution in [1.82, 2.24) is 4.98 Å². The summed E-state index contributed by atoms with van der Waals surface area (Å²) in [5.41, 5.74) is 6.36. The monoisotopic (exact) mass is 448 g/mol. The molecule has 0 saturated carbocycles. The minimum absolute atomic E-state index is 0.0596. The minimum atomic E-state index is -0.0596. The maximum atomic E-state index is 12.4. The molecule has 2 aliphatic rings. The van der Waals surface area contributed by atoms with Crippen LogP contribution in [0.2, 0.25) is 0 Å². The summed E-state index contributed by atoms with van der Waals surface area (Å²) >= 11 is 7.03. The lowest BCUT2D eigenvalue weighted by Gasteiger charge is -2.29. The van der Waals surface area contributed by atoms with Gasteiger partial charge in [-0.2, -0.15) is 0 Å². The molecule has 1 aliphatic carbocycles. The van der Waals surface area contributed by atoms with Crippen LogP contribution >= 0.6 is 31.9 Å². The summed E-state index contributed by atoms with van der Waals surface area (Å²) in [7, 11) is 0. The zero-order valence-corrected chi connectivity index (χ0v) is 16.8. The number of amides is 1. The second-order valence-electron chi connectivity index (χ2n) is 7.18. The molecular weight excluding hydrogens is 432 g/mol. The predicted octanol–water partition coefficient (Wildman–Crippen LogP) is 5.65. The van der Waals surface area contributed by atoms with E-state index in [-0.39, 0.29) is 11.3 Å². The van der Waals surface area contributed by atoms with Gasteiger partial charge in [0.1, 0.15) is 0 Å². The van der Waals surface area contributed by atoms with E-state index in [4.69, 9.17) is 0 Å². The van der Waals surface area contributed by atoms with E-state index in [2.05, 4.69) is 62.1 Å². The van der Waals surface area contributed by atoms with Gasteiger partial charge in [0, 0.05) is 25.9 Å². The van der Waals surface area contributed by atoms with Crippen molar-refractivity contribution < 1.29 is 4.79 Å². The number of hydrogen-bond acceptors (Lipinski definition) is 1. The summed E-state index contributed by atoms with van der Waals surface area (Å²) in [6.07, 6.45) is 5.47. The Kier molecular flexibility index (Phi) is 3.77. The van der Waals surface area contributed by atoms with Crippen molar-refractivity contribution in [3.63, 3.8) is 0 Å². The van der Waals surface area contributed by atoms with Crippen molar-refractivity contribution in [2.75, 3.05) is 5.32 Å². The highest BCUT2D eigenvalue weighted by molar-refractivity contribution is 9.11. The summed E-state index contributed by atoms with van der Waals surface area (Å²) in [5, 5.41) is 2.95. The lowest BCUT2D eigenvalue weighted by atomic mass is 9.75. The van der Waals surface area contributed by atoms with Gasteiger partial charge in [-0.1, -0.05) is 29.8 Å². The molecule has 0 fully saturated rings. The van der Waals surface area contributed by atoms with Crippen molar-refractivity contribution in [2.24, 2.45) is 0 Å². The maximum Gasteiger partial charge on any atom is 0.256 e. The molecular formula is C19H18Br2N2O. The molecule has 2 aromatic rings. The Hall–Kier alpha value is -1.33. The zero-order chi connectivity index (χ0) is 17.1. The highest BCUT2D eigenvalue weighted by Gasteiger charge is 2.30. The van der Waals surface area contributed by atoms with Gasteiger partial charge in [-0.15, -0.1) is 0 Å². The van der Waals surface area contributed by atoms with Gasteiger partial charge in [-0.05, 0) is 70.4 Å². The van der Waals surface area contributed by atoms with Gasteiger partial charge in [0.25, 0.3) is 5.91 Å². The molecule has 1 aromatic heterocycles. The number of benzene rings is 1. The molecule has 4 rings (SSSR count). The van der Waals surface area contributed by atoms with Crippen LogP contribution in [0.3, 0.4) is 0 Å². The van der Waals surface area contributed by atoms with Gasteiger partial charge in [-0.3, -0.25) is 4.79 Å². The lowest BCUT2D eigenvalue weighted by molar-refractivity contribution is -0.110. The van der Waals surface area contributed by atoms with Crippen LogP contribution in [0.1, 0.15) is 49.2 Å². The fourth-order valence-electron chi connectivity index (χ4n) is 3.76. The topological polar surface area (TPSA) is 44.9 Å². The average Bonchev–Trinajstić information content (AvgIpc) is 3.03. The smallest absolute Gasteiger partial charge is 0.256 e. The zero-order valence-electron chi connectivity index (χ0n) is 13.6. The van der Waals surface area contributed by atoms with E-state index in [0.29, 0.717) is 5.57 Å².